The molecule has 0 aliphatic carbocycles. The molecule has 158 valence electrons. The quantitative estimate of drug-likeness (QED) is 0.391. The van der Waals surface area contributed by atoms with Gasteiger partial charge in [0.1, 0.15) is 11.5 Å². The van der Waals surface area contributed by atoms with Crippen molar-refractivity contribution in [2.45, 2.75) is 26.2 Å². The minimum absolute atomic E-state index is 0.0806. The molecule has 7 heteroatoms. The predicted molar refractivity (Wildman–Crippen MR) is 116 cm³/mol. The number of hydrazone groups is 1. The summed E-state index contributed by atoms with van der Waals surface area (Å²) in [6.07, 6.45) is 3.85. The van der Waals surface area contributed by atoms with Gasteiger partial charge in [-0.3, -0.25) is 9.59 Å². The number of nitrogens with zero attached hydrogens (tertiary/aromatic N) is 2. The molecule has 1 atom stereocenters. The van der Waals surface area contributed by atoms with E-state index in [-0.39, 0.29) is 18.2 Å². The zero-order valence-electron chi connectivity index (χ0n) is 17.3. The van der Waals surface area contributed by atoms with Gasteiger partial charge in [-0.1, -0.05) is 13.3 Å². The number of unbranched alkanes of at least 4 members (excludes halogenated alkanes) is 1. The van der Waals surface area contributed by atoms with Crippen molar-refractivity contribution >= 4 is 23.7 Å². The van der Waals surface area contributed by atoms with Gasteiger partial charge in [-0.2, -0.15) is 5.10 Å². The largest absolute Gasteiger partial charge is 0.497 e. The highest BCUT2D eigenvalue weighted by Crippen LogP contribution is 2.26. The van der Waals surface area contributed by atoms with E-state index in [2.05, 4.69) is 17.5 Å². The van der Waals surface area contributed by atoms with Gasteiger partial charge in [-0.05, 0) is 60.5 Å². The molecule has 3 rings (SSSR count). The lowest BCUT2D eigenvalue weighted by molar-refractivity contribution is -0.126. The second-order valence-corrected chi connectivity index (χ2v) is 7.11. The fourth-order valence-corrected chi connectivity index (χ4v) is 3.14. The van der Waals surface area contributed by atoms with Crippen molar-refractivity contribution in [1.29, 1.82) is 0 Å². The third-order valence-electron chi connectivity index (χ3n) is 4.92. The van der Waals surface area contributed by atoms with E-state index < -0.39 is 5.92 Å². The molecule has 0 unspecified atom stereocenters. The Labute approximate surface area is 176 Å². The van der Waals surface area contributed by atoms with Gasteiger partial charge in [0, 0.05) is 18.7 Å². The first-order chi connectivity index (χ1) is 14.6. The van der Waals surface area contributed by atoms with Crippen molar-refractivity contribution in [3.05, 3.63) is 54.1 Å². The minimum Gasteiger partial charge on any atom is -0.497 e. The Morgan fingerprint density at radius 2 is 1.87 bits per heavy atom. The van der Waals surface area contributed by atoms with Crippen LogP contribution in [0.15, 0.2) is 53.6 Å². The van der Waals surface area contributed by atoms with E-state index in [4.69, 9.17) is 9.47 Å². The van der Waals surface area contributed by atoms with Crippen molar-refractivity contribution in [3.8, 4) is 11.5 Å². The number of carbonyl (C=O) groups excluding carboxylic acids is 2. The molecule has 1 saturated heterocycles. The van der Waals surface area contributed by atoms with Gasteiger partial charge < -0.3 is 14.4 Å². The number of anilines is 1. The molecule has 0 bridgehead atoms. The van der Waals surface area contributed by atoms with Gasteiger partial charge in [0.05, 0.1) is 25.8 Å². The van der Waals surface area contributed by atoms with Crippen LogP contribution in [0.1, 0.15) is 31.7 Å². The summed E-state index contributed by atoms with van der Waals surface area (Å²) < 4.78 is 10.8. The lowest BCUT2D eigenvalue weighted by Gasteiger charge is -2.16. The van der Waals surface area contributed by atoms with E-state index in [9.17, 15) is 9.59 Å². The maximum Gasteiger partial charge on any atom is 0.245 e. The highest BCUT2D eigenvalue weighted by atomic mass is 16.5. The number of benzene rings is 2. The normalized spacial score (nSPS) is 16.1. The van der Waals surface area contributed by atoms with E-state index in [0.717, 1.165) is 35.6 Å². The smallest absolute Gasteiger partial charge is 0.245 e. The maximum atomic E-state index is 12.4. The van der Waals surface area contributed by atoms with Crippen LogP contribution in [0.3, 0.4) is 0 Å². The van der Waals surface area contributed by atoms with Crippen LogP contribution in [-0.2, 0) is 9.59 Å². The molecule has 7 nitrogen and oxygen atoms in total. The van der Waals surface area contributed by atoms with E-state index in [1.165, 1.54) is 0 Å². The zero-order valence-corrected chi connectivity index (χ0v) is 17.3. The molecule has 0 saturated carbocycles. The fraction of sp³-hybridized carbons (Fsp3) is 0.348. The van der Waals surface area contributed by atoms with Gasteiger partial charge >= 0.3 is 0 Å². The van der Waals surface area contributed by atoms with Crippen molar-refractivity contribution in [2.75, 3.05) is 25.2 Å². The van der Waals surface area contributed by atoms with E-state index in [1.54, 1.807) is 30.4 Å². The van der Waals surface area contributed by atoms with Gasteiger partial charge in [-0.15, -0.1) is 0 Å². The number of rotatable bonds is 9. The summed E-state index contributed by atoms with van der Waals surface area (Å²) >= 11 is 0. The average molecular weight is 409 g/mol. The van der Waals surface area contributed by atoms with E-state index in [1.807, 2.05) is 36.4 Å². The summed E-state index contributed by atoms with van der Waals surface area (Å²) in [5.74, 6) is 0.742. The van der Waals surface area contributed by atoms with Crippen molar-refractivity contribution in [3.63, 3.8) is 0 Å². The summed E-state index contributed by atoms with van der Waals surface area (Å²) in [5.41, 5.74) is 4.14. The summed E-state index contributed by atoms with van der Waals surface area (Å²) in [6.45, 7) is 3.15. The van der Waals surface area contributed by atoms with Crippen LogP contribution < -0.4 is 19.8 Å². The Balaban J connectivity index is 1.50. The molecule has 1 aliphatic rings. The maximum absolute atomic E-state index is 12.4. The van der Waals surface area contributed by atoms with Crippen molar-refractivity contribution in [2.24, 2.45) is 11.0 Å². The van der Waals surface area contributed by atoms with Crippen LogP contribution in [0.4, 0.5) is 5.69 Å². The first kappa shape index (κ1) is 21.4. The molecule has 0 radical (unpaired) electrons. The monoisotopic (exact) mass is 409 g/mol. The minimum atomic E-state index is -0.439. The Bertz CT molecular complexity index is 878. The predicted octanol–water partition coefficient (Wildman–Crippen LogP) is 3.38. The first-order valence-corrected chi connectivity index (χ1v) is 10.1. The summed E-state index contributed by atoms with van der Waals surface area (Å²) in [6, 6.07) is 14.7. The topological polar surface area (TPSA) is 80.2 Å². The Morgan fingerprint density at radius 1 is 1.17 bits per heavy atom. The van der Waals surface area contributed by atoms with Gasteiger partial charge in [0.2, 0.25) is 11.8 Å². The molecule has 0 spiro atoms. The summed E-state index contributed by atoms with van der Waals surface area (Å²) in [7, 11) is 1.59. The van der Waals surface area contributed by atoms with Crippen molar-refractivity contribution < 1.29 is 19.1 Å². The van der Waals surface area contributed by atoms with Crippen molar-refractivity contribution in [1.82, 2.24) is 5.43 Å². The Hall–Kier alpha value is -3.35. The van der Waals surface area contributed by atoms with Gasteiger partial charge in [0.15, 0.2) is 0 Å². The number of amides is 2. The number of hydrogen-bond donors (Lipinski definition) is 1. The van der Waals surface area contributed by atoms with Crippen LogP contribution in [0.5, 0.6) is 11.5 Å². The molecule has 1 N–H and O–H groups in total. The first-order valence-electron chi connectivity index (χ1n) is 10.1. The van der Waals surface area contributed by atoms with Crippen LogP contribution in [0.2, 0.25) is 0 Å². The standard InChI is InChI=1S/C23H27N3O4/c1-3-4-13-30-21-9-5-17(6-10-21)15-24-25-23(28)18-14-22(27)26(16-18)19-7-11-20(29-2)12-8-19/h5-12,15,18H,3-4,13-14,16H2,1-2H3,(H,25,28)/b24-15+/t18-/m0/s1. The number of carbonyl (C=O) groups is 2. The number of nitrogens with one attached hydrogen (secondary N) is 1. The summed E-state index contributed by atoms with van der Waals surface area (Å²) in [4.78, 5) is 26.4. The molecule has 30 heavy (non-hydrogen) atoms. The van der Waals surface area contributed by atoms with Crippen LogP contribution in [0.25, 0.3) is 0 Å². The fourth-order valence-electron chi connectivity index (χ4n) is 3.14. The second kappa shape index (κ2) is 10.4. The highest BCUT2D eigenvalue weighted by molar-refractivity contribution is 6.00. The molecule has 0 aromatic heterocycles. The lowest BCUT2D eigenvalue weighted by Crippen LogP contribution is -2.30. The van der Waals surface area contributed by atoms with E-state index in [0.29, 0.717) is 13.2 Å². The number of hydrogen-bond acceptors (Lipinski definition) is 5. The molecule has 2 amide bonds. The third-order valence-corrected chi connectivity index (χ3v) is 4.92. The Kier molecular flexibility index (Phi) is 7.43. The molecule has 2 aromatic rings. The SMILES string of the molecule is CCCCOc1ccc(/C=N/NC(=O)[C@H]2CC(=O)N(c3ccc(OC)cc3)C2)cc1. The lowest BCUT2D eigenvalue weighted by atomic mass is 10.1. The van der Waals surface area contributed by atoms with Gasteiger partial charge in [-0.25, -0.2) is 5.43 Å². The zero-order chi connectivity index (χ0) is 21.3. The molecule has 1 heterocycles. The number of ether oxygens (including phenoxy) is 2. The summed E-state index contributed by atoms with van der Waals surface area (Å²) in [5, 5.41) is 4.02. The van der Waals surface area contributed by atoms with E-state index >= 15 is 0 Å². The molecular formula is C23H27N3O4. The average Bonchev–Trinajstić information content (AvgIpc) is 3.17. The molecular weight excluding hydrogens is 382 g/mol. The van der Waals surface area contributed by atoms with Crippen LogP contribution in [-0.4, -0.2) is 38.3 Å². The molecule has 2 aromatic carbocycles. The number of methoxy groups -OCH3 is 1. The van der Waals surface area contributed by atoms with Gasteiger partial charge in [0.25, 0.3) is 0 Å². The third kappa shape index (κ3) is 5.59. The Morgan fingerprint density at radius 3 is 2.53 bits per heavy atom. The molecule has 1 fully saturated rings. The van der Waals surface area contributed by atoms with Crippen LogP contribution >= 0.6 is 0 Å². The van der Waals surface area contributed by atoms with Crippen LogP contribution in [0, 0.1) is 5.92 Å². The second-order valence-electron chi connectivity index (χ2n) is 7.11. The molecule has 1 aliphatic heterocycles. The highest BCUT2D eigenvalue weighted by Gasteiger charge is 2.35.